The molecule has 0 spiro atoms. The van der Waals surface area contributed by atoms with Crippen molar-refractivity contribution in [3.8, 4) is 0 Å². The summed E-state index contributed by atoms with van der Waals surface area (Å²) in [5.41, 5.74) is 1.11. The van der Waals surface area contributed by atoms with Gasteiger partial charge in [0.2, 0.25) is 5.91 Å². The fraction of sp³-hybridized carbons (Fsp3) is 0.421. The smallest absolute Gasteiger partial charge is 0.231 e. The lowest BCUT2D eigenvalue weighted by molar-refractivity contribution is -0.130. The van der Waals surface area contributed by atoms with Crippen LogP contribution in [0.4, 0.5) is 0 Å². The number of hydrogen-bond acceptors (Lipinski definition) is 4. The Balaban J connectivity index is 1.64. The van der Waals surface area contributed by atoms with Crippen molar-refractivity contribution in [3.63, 3.8) is 0 Å². The SMILES string of the molecule is C[C@H]1C[C@H](NC(=O)C2(c3cccc(Cl)c3)CCC2)c2ccsc2S1(=O)=O. The summed E-state index contributed by atoms with van der Waals surface area (Å²) in [6.45, 7) is 1.72. The third-order valence-electron chi connectivity index (χ3n) is 5.71. The van der Waals surface area contributed by atoms with Crippen LogP contribution in [0, 0.1) is 0 Å². The summed E-state index contributed by atoms with van der Waals surface area (Å²) in [5, 5.41) is 5.06. The van der Waals surface area contributed by atoms with Gasteiger partial charge in [-0.1, -0.05) is 30.2 Å². The van der Waals surface area contributed by atoms with E-state index in [0.717, 1.165) is 30.4 Å². The monoisotopic (exact) mass is 409 g/mol. The number of hydrogen-bond donors (Lipinski definition) is 1. The molecule has 1 amide bonds. The molecule has 1 aliphatic heterocycles. The van der Waals surface area contributed by atoms with Crippen LogP contribution in [0.25, 0.3) is 0 Å². The lowest BCUT2D eigenvalue weighted by atomic mass is 9.63. The Morgan fingerprint density at radius 2 is 2.08 bits per heavy atom. The van der Waals surface area contributed by atoms with E-state index in [1.54, 1.807) is 18.4 Å². The molecule has 7 heteroatoms. The first-order chi connectivity index (χ1) is 12.3. The van der Waals surface area contributed by atoms with Crippen molar-refractivity contribution in [2.24, 2.45) is 0 Å². The number of carbonyl (C=O) groups excluding carboxylic acids is 1. The highest BCUT2D eigenvalue weighted by molar-refractivity contribution is 7.94. The number of nitrogens with one attached hydrogen (secondary N) is 1. The zero-order chi connectivity index (χ0) is 18.5. The molecule has 0 radical (unpaired) electrons. The quantitative estimate of drug-likeness (QED) is 0.824. The molecule has 1 fully saturated rings. The maximum Gasteiger partial charge on any atom is 0.231 e. The van der Waals surface area contributed by atoms with E-state index in [-0.39, 0.29) is 11.9 Å². The minimum atomic E-state index is -3.28. The molecule has 0 saturated heterocycles. The van der Waals surface area contributed by atoms with Gasteiger partial charge in [-0.3, -0.25) is 4.79 Å². The first-order valence-electron chi connectivity index (χ1n) is 8.73. The van der Waals surface area contributed by atoms with Crippen molar-refractivity contribution in [1.82, 2.24) is 5.32 Å². The Hall–Kier alpha value is -1.37. The summed E-state index contributed by atoms with van der Waals surface area (Å²) in [6, 6.07) is 9.05. The molecule has 2 atom stereocenters. The molecular weight excluding hydrogens is 390 g/mol. The molecule has 1 aromatic carbocycles. The summed E-state index contributed by atoms with van der Waals surface area (Å²) in [6.07, 6.45) is 2.98. The molecule has 1 N–H and O–H groups in total. The molecule has 26 heavy (non-hydrogen) atoms. The van der Waals surface area contributed by atoms with Gasteiger partial charge in [-0.2, -0.15) is 0 Å². The Labute approximate surface area is 162 Å². The van der Waals surface area contributed by atoms with Crippen LogP contribution in [-0.4, -0.2) is 19.6 Å². The third-order valence-corrected chi connectivity index (χ3v) is 9.66. The molecular formula is C19H20ClNO3S2. The average Bonchev–Trinajstić information content (AvgIpc) is 3.03. The van der Waals surface area contributed by atoms with Gasteiger partial charge in [0.1, 0.15) is 4.21 Å². The number of benzene rings is 1. The molecule has 0 unspecified atom stereocenters. The average molecular weight is 410 g/mol. The van der Waals surface area contributed by atoms with Crippen molar-refractivity contribution in [3.05, 3.63) is 51.9 Å². The summed E-state index contributed by atoms with van der Waals surface area (Å²) >= 11 is 7.37. The molecule has 2 heterocycles. The lowest BCUT2D eigenvalue weighted by Crippen LogP contribution is -2.51. The van der Waals surface area contributed by atoms with Crippen molar-refractivity contribution in [2.75, 3.05) is 0 Å². The molecule has 2 aliphatic rings. The number of halogens is 1. The van der Waals surface area contributed by atoms with Crippen LogP contribution < -0.4 is 5.32 Å². The van der Waals surface area contributed by atoms with Crippen LogP contribution in [0.1, 0.15) is 49.8 Å². The fourth-order valence-corrected chi connectivity index (χ4v) is 7.38. The van der Waals surface area contributed by atoms with Gasteiger partial charge >= 0.3 is 0 Å². The molecule has 0 bridgehead atoms. The minimum Gasteiger partial charge on any atom is -0.348 e. The van der Waals surface area contributed by atoms with Gasteiger partial charge in [-0.05, 0) is 55.3 Å². The Bertz CT molecular complexity index is 963. The van der Waals surface area contributed by atoms with Crippen LogP contribution in [0.15, 0.2) is 39.9 Å². The van der Waals surface area contributed by atoms with Gasteiger partial charge in [0.25, 0.3) is 0 Å². The van der Waals surface area contributed by atoms with Crippen LogP contribution in [0.2, 0.25) is 5.02 Å². The number of sulfone groups is 1. The first kappa shape index (κ1) is 18.0. The topological polar surface area (TPSA) is 63.2 Å². The minimum absolute atomic E-state index is 0.0281. The molecule has 138 valence electrons. The van der Waals surface area contributed by atoms with Crippen LogP contribution in [-0.2, 0) is 20.0 Å². The molecule has 2 aromatic rings. The maximum absolute atomic E-state index is 13.2. The van der Waals surface area contributed by atoms with E-state index in [2.05, 4.69) is 5.32 Å². The number of amides is 1. The third kappa shape index (κ3) is 2.70. The highest BCUT2D eigenvalue weighted by Gasteiger charge is 2.47. The van der Waals surface area contributed by atoms with Crippen molar-refractivity contribution >= 4 is 38.7 Å². The van der Waals surface area contributed by atoms with E-state index in [1.165, 1.54) is 11.3 Å². The molecule has 4 nitrogen and oxygen atoms in total. The second-order valence-electron chi connectivity index (χ2n) is 7.23. The normalized spacial score (nSPS) is 25.8. The van der Waals surface area contributed by atoms with Gasteiger partial charge in [0, 0.05) is 10.6 Å². The Kier molecular flexibility index (Phi) is 4.40. The predicted molar refractivity (Wildman–Crippen MR) is 103 cm³/mol. The number of rotatable bonds is 3. The van der Waals surface area contributed by atoms with Gasteiger partial charge in [0.15, 0.2) is 9.84 Å². The number of carbonyl (C=O) groups is 1. The zero-order valence-corrected chi connectivity index (χ0v) is 16.8. The van der Waals surface area contributed by atoms with Gasteiger partial charge < -0.3 is 5.32 Å². The molecule has 1 aromatic heterocycles. The first-order valence-corrected chi connectivity index (χ1v) is 11.5. The van der Waals surface area contributed by atoms with Gasteiger partial charge in [-0.25, -0.2) is 8.42 Å². The summed E-state index contributed by atoms with van der Waals surface area (Å²) < 4.78 is 25.4. The van der Waals surface area contributed by atoms with Gasteiger partial charge in [0.05, 0.1) is 16.7 Å². The van der Waals surface area contributed by atoms with Crippen molar-refractivity contribution in [1.29, 1.82) is 0 Å². The fourth-order valence-electron chi connectivity index (χ4n) is 3.96. The van der Waals surface area contributed by atoms with E-state index in [4.69, 9.17) is 11.6 Å². The number of fused-ring (bicyclic) bond motifs is 1. The standard InChI is InChI=1S/C19H20ClNO3S2/c1-12-10-16(15-6-9-25-17(15)26(12,23)24)21-18(22)19(7-3-8-19)13-4-2-5-14(20)11-13/h2,4-6,9,11-12,16H,3,7-8,10H2,1H3,(H,21,22)/t12-,16-/m0/s1. The zero-order valence-electron chi connectivity index (χ0n) is 14.4. The van der Waals surface area contributed by atoms with Gasteiger partial charge in [-0.15, -0.1) is 11.3 Å². The van der Waals surface area contributed by atoms with Crippen molar-refractivity contribution in [2.45, 2.75) is 53.5 Å². The highest BCUT2D eigenvalue weighted by Crippen LogP contribution is 2.46. The largest absolute Gasteiger partial charge is 0.348 e. The van der Waals surface area contributed by atoms with E-state index >= 15 is 0 Å². The van der Waals surface area contributed by atoms with Crippen LogP contribution >= 0.6 is 22.9 Å². The van der Waals surface area contributed by atoms with E-state index < -0.39 is 20.5 Å². The van der Waals surface area contributed by atoms with Crippen molar-refractivity contribution < 1.29 is 13.2 Å². The summed E-state index contributed by atoms with van der Waals surface area (Å²) in [7, 11) is -3.28. The highest BCUT2D eigenvalue weighted by atomic mass is 35.5. The second-order valence-corrected chi connectivity index (χ2v) is 11.1. The molecule has 1 saturated carbocycles. The molecule has 1 aliphatic carbocycles. The second kappa shape index (κ2) is 6.36. The summed E-state index contributed by atoms with van der Waals surface area (Å²) in [5.74, 6) is -0.0281. The predicted octanol–water partition coefficient (Wildman–Crippen LogP) is 4.25. The Morgan fingerprint density at radius 3 is 2.73 bits per heavy atom. The maximum atomic E-state index is 13.2. The Morgan fingerprint density at radius 1 is 1.31 bits per heavy atom. The van der Waals surface area contributed by atoms with Crippen LogP contribution in [0.3, 0.4) is 0 Å². The van der Waals surface area contributed by atoms with Crippen LogP contribution in [0.5, 0.6) is 0 Å². The number of thiophene rings is 1. The van der Waals surface area contributed by atoms with E-state index in [9.17, 15) is 13.2 Å². The summed E-state index contributed by atoms with van der Waals surface area (Å²) in [4.78, 5) is 13.2. The van der Waals surface area contributed by atoms with E-state index in [1.807, 2.05) is 24.3 Å². The van der Waals surface area contributed by atoms with E-state index in [0.29, 0.717) is 15.7 Å². The molecule has 4 rings (SSSR count). The lowest BCUT2D eigenvalue weighted by Gasteiger charge is -2.42.